The largest absolute Gasteiger partial charge is 0.353 e. The summed E-state index contributed by atoms with van der Waals surface area (Å²) in [5.74, 6) is 0. The Morgan fingerprint density at radius 3 is 1.11 bits per heavy atom. The van der Waals surface area contributed by atoms with Gasteiger partial charge in [0, 0.05) is 0 Å². The normalized spacial score (nSPS) is 14.0. The van der Waals surface area contributed by atoms with E-state index in [0.29, 0.717) is 0 Å². The third kappa shape index (κ3) is 7.92. The molecule has 2 heteroatoms. The van der Waals surface area contributed by atoms with Crippen LogP contribution in [0.25, 0.3) is 0 Å². The highest BCUT2D eigenvalue weighted by molar-refractivity contribution is 4.74. The van der Waals surface area contributed by atoms with E-state index >= 15 is 0 Å². The number of hydrogen-bond donors (Lipinski definition) is 2. The summed E-state index contributed by atoms with van der Waals surface area (Å²) in [5.41, 5.74) is 8.38. The molecule has 0 bridgehead atoms. The quantitative estimate of drug-likeness (QED) is 0.505. The van der Waals surface area contributed by atoms with Crippen molar-refractivity contribution in [3.63, 3.8) is 0 Å². The number of rotatable bonds is 2. The molecule has 0 spiro atoms. The van der Waals surface area contributed by atoms with Crippen LogP contribution in [0.15, 0.2) is 0 Å². The van der Waals surface area contributed by atoms with Gasteiger partial charge >= 0.3 is 0 Å². The molecular formula is C7H20N2+2. The lowest BCUT2D eigenvalue weighted by molar-refractivity contribution is -0.517. The molecule has 9 heavy (non-hydrogen) atoms. The standard InChI is InChI=1S/C7H18N2/c1-6(2,8)5-7(3,4)9/h5,8-9H2,1-4H3/p+2. The zero-order valence-corrected chi connectivity index (χ0v) is 7.12. The molecule has 0 fully saturated rings. The van der Waals surface area contributed by atoms with Gasteiger partial charge in [-0.2, -0.15) is 0 Å². The van der Waals surface area contributed by atoms with Crippen LogP contribution >= 0.6 is 0 Å². The van der Waals surface area contributed by atoms with E-state index in [-0.39, 0.29) is 11.1 Å². The average Bonchev–Trinajstić information content (AvgIpc) is 1.14. The van der Waals surface area contributed by atoms with Gasteiger partial charge in [-0.3, -0.25) is 0 Å². The molecular weight excluding hydrogens is 112 g/mol. The maximum absolute atomic E-state index is 4.02. The van der Waals surface area contributed by atoms with Crippen molar-refractivity contribution in [1.82, 2.24) is 0 Å². The first kappa shape index (κ1) is 8.92. The third-order valence-electron chi connectivity index (χ3n) is 0.957. The Morgan fingerprint density at radius 1 is 0.889 bits per heavy atom. The molecule has 0 amide bonds. The van der Waals surface area contributed by atoms with E-state index < -0.39 is 0 Å². The molecule has 0 saturated heterocycles. The molecule has 0 saturated carbocycles. The molecule has 0 aromatic rings. The molecule has 6 N–H and O–H groups in total. The first-order valence-corrected chi connectivity index (χ1v) is 3.41. The van der Waals surface area contributed by atoms with Gasteiger partial charge in [0.25, 0.3) is 0 Å². The van der Waals surface area contributed by atoms with Crippen molar-refractivity contribution in [1.29, 1.82) is 0 Å². The van der Waals surface area contributed by atoms with Crippen molar-refractivity contribution < 1.29 is 11.5 Å². The van der Waals surface area contributed by atoms with Crippen LogP contribution in [0.3, 0.4) is 0 Å². The average molecular weight is 132 g/mol. The molecule has 0 atom stereocenters. The SMILES string of the molecule is CC(C)([NH3+])CC(C)(C)[NH3+]. The molecule has 0 aromatic carbocycles. The number of hydrogen-bond acceptors (Lipinski definition) is 0. The summed E-state index contributed by atoms with van der Waals surface area (Å²) >= 11 is 0. The van der Waals surface area contributed by atoms with Gasteiger partial charge in [-0.05, 0) is 27.7 Å². The number of quaternary nitrogens is 2. The monoisotopic (exact) mass is 132 g/mol. The Balaban J connectivity index is 3.75. The van der Waals surface area contributed by atoms with Gasteiger partial charge in [0.05, 0.1) is 17.5 Å². The summed E-state index contributed by atoms with van der Waals surface area (Å²) in [6.07, 6.45) is 1.07. The maximum atomic E-state index is 4.02. The predicted molar refractivity (Wildman–Crippen MR) is 38.6 cm³/mol. The lowest BCUT2D eigenvalue weighted by atomic mass is 9.89. The summed E-state index contributed by atoms with van der Waals surface area (Å²) in [7, 11) is 0. The zero-order valence-electron chi connectivity index (χ0n) is 7.12. The van der Waals surface area contributed by atoms with E-state index in [1.54, 1.807) is 0 Å². The Hall–Kier alpha value is -0.0800. The van der Waals surface area contributed by atoms with Crippen LogP contribution in [0.4, 0.5) is 0 Å². The second kappa shape index (κ2) is 2.27. The molecule has 0 heterocycles. The molecule has 0 aromatic heterocycles. The van der Waals surface area contributed by atoms with E-state index in [1.165, 1.54) is 0 Å². The molecule has 0 radical (unpaired) electrons. The van der Waals surface area contributed by atoms with Crippen LogP contribution in [-0.2, 0) is 0 Å². The van der Waals surface area contributed by atoms with Crippen LogP contribution in [0.5, 0.6) is 0 Å². The first-order chi connectivity index (χ1) is 3.71. The summed E-state index contributed by atoms with van der Waals surface area (Å²) in [5, 5.41) is 0. The predicted octanol–water partition coefficient (Wildman–Crippen LogP) is -0.582. The van der Waals surface area contributed by atoms with E-state index in [9.17, 15) is 0 Å². The summed E-state index contributed by atoms with van der Waals surface area (Å²) in [4.78, 5) is 0. The van der Waals surface area contributed by atoms with Gasteiger partial charge in [0.2, 0.25) is 0 Å². The zero-order chi connectivity index (χ0) is 7.71. The van der Waals surface area contributed by atoms with Crippen LogP contribution in [0.2, 0.25) is 0 Å². The van der Waals surface area contributed by atoms with E-state index in [0.717, 1.165) is 6.42 Å². The highest BCUT2D eigenvalue weighted by Gasteiger charge is 2.27. The lowest BCUT2D eigenvalue weighted by Crippen LogP contribution is -2.78. The second-order valence-corrected chi connectivity index (χ2v) is 4.51. The summed E-state index contributed by atoms with van der Waals surface area (Å²) in [6, 6.07) is 0. The Bertz CT molecular complexity index is 72.1. The molecule has 0 aliphatic heterocycles. The summed E-state index contributed by atoms with van der Waals surface area (Å²) in [6.45, 7) is 8.56. The van der Waals surface area contributed by atoms with E-state index in [4.69, 9.17) is 0 Å². The van der Waals surface area contributed by atoms with Gasteiger partial charge < -0.3 is 11.5 Å². The second-order valence-electron chi connectivity index (χ2n) is 4.51. The molecule has 0 unspecified atom stereocenters. The lowest BCUT2D eigenvalue weighted by Gasteiger charge is -2.22. The van der Waals surface area contributed by atoms with Gasteiger partial charge in [0.1, 0.15) is 0 Å². The Kier molecular flexibility index (Phi) is 2.25. The molecule has 2 nitrogen and oxygen atoms in total. The fraction of sp³-hybridized carbons (Fsp3) is 1.00. The van der Waals surface area contributed by atoms with Crippen LogP contribution in [0.1, 0.15) is 34.1 Å². The minimum atomic E-state index is 0.172. The minimum Gasteiger partial charge on any atom is -0.353 e. The topological polar surface area (TPSA) is 55.3 Å². The van der Waals surface area contributed by atoms with Crippen LogP contribution in [-0.4, -0.2) is 11.1 Å². The smallest absolute Gasteiger partial charge is 0.0949 e. The van der Waals surface area contributed by atoms with Crippen molar-refractivity contribution in [2.24, 2.45) is 0 Å². The van der Waals surface area contributed by atoms with Crippen LogP contribution < -0.4 is 11.5 Å². The molecule has 0 aliphatic rings. The van der Waals surface area contributed by atoms with Crippen molar-refractivity contribution in [3.05, 3.63) is 0 Å². The van der Waals surface area contributed by atoms with Crippen molar-refractivity contribution in [3.8, 4) is 0 Å². The van der Waals surface area contributed by atoms with Gasteiger partial charge in [-0.25, -0.2) is 0 Å². The van der Waals surface area contributed by atoms with Gasteiger partial charge in [-0.1, -0.05) is 0 Å². The van der Waals surface area contributed by atoms with Crippen molar-refractivity contribution in [2.75, 3.05) is 0 Å². The maximum Gasteiger partial charge on any atom is 0.0949 e. The van der Waals surface area contributed by atoms with E-state index in [2.05, 4.69) is 39.2 Å². The van der Waals surface area contributed by atoms with Crippen LogP contribution in [0, 0.1) is 0 Å². The Morgan fingerprint density at radius 2 is 1.11 bits per heavy atom. The van der Waals surface area contributed by atoms with Crippen molar-refractivity contribution in [2.45, 2.75) is 45.2 Å². The molecule has 0 aliphatic carbocycles. The first-order valence-electron chi connectivity index (χ1n) is 3.41. The minimum absolute atomic E-state index is 0.172. The van der Waals surface area contributed by atoms with Crippen molar-refractivity contribution >= 4 is 0 Å². The molecule has 56 valence electrons. The third-order valence-corrected chi connectivity index (χ3v) is 0.957. The highest BCUT2D eigenvalue weighted by Crippen LogP contribution is 2.10. The van der Waals surface area contributed by atoms with E-state index in [1.807, 2.05) is 0 Å². The molecule has 0 rings (SSSR count). The Labute approximate surface area is 57.6 Å². The van der Waals surface area contributed by atoms with Gasteiger partial charge in [-0.15, -0.1) is 0 Å². The fourth-order valence-electron chi connectivity index (χ4n) is 1.30. The summed E-state index contributed by atoms with van der Waals surface area (Å²) < 4.78 is 0. The highest BCUT2D eigenvalue weighted by atomic mass is 14.8. The van der Waals surface area contributed by atoms with Gasteiger partial charge in [0.15, 0.2) is 0 Å². The fourth-order valence-corrected chi connectivity index (χ4v) is 1.30.